The van der Waals surface area contributed by atoms with Crippen molar-refractivity contribution in [3.8, 4) is 0 Å². The van der Waals surface area contributed by atoms with E-state index in [0.717, 1.165) is 11.6 Å². The zero-order valence-electron chi connectivity index (χ0n) is 35.8. The van der Waals surface area contributed by atoms with Gasteiger partial charge < -0.3 is 14.6 Å². The molecule has 2 aliphatic rings. The van der Waals surface area contributed by atoms with E-state index in [1.165, 1.54) is 18.2 Å². The van der Waals surface area contributed by atoms with Crippen LogP contribution < -0.4 is 4.90 Å². The van der Waals surface area contributed by atoms with Crippen LogP contribution in [0.25, 0.3) is 21.5 Å². The Labute approximate surface area is 383 Å². The van der Waals surface area contributed by atoms with E-state index in [-0.39, 0.29) is 35.1 Å². The largest absolute Gasteiger partial charge is 0.748 e. The van der Waals surface area contributed by atoms with Gasteiger partial charge in [-0.05, 0) is 97.3 Å². The topological polar surface area (TPSA) is 315 Å². The van der Waals surface area contributed by atoms with E-state index in [1.54, 1.807) is 36.4 Å². The normalized spacial score (nSPS) is 16.6. The van der Waals surface area contributed by atoms with E-state index in [1.807, 2.05) is 55.4 Å². The third kappa shape index (κ3) is 11.5. The highest BCUT2D eigenvalue weighted by Crippen LogP contribution is 2.51. The second-order valence-corrected chi connectivity index (χ2v) is 22.7. The lowest BCUT2D eigenvalue weighted by atomic mass is 9.79. The fourth-order valence-corrected chi connectivity index (χ4v) is 11.0. The fourth-order valence-electron chi connectivity index (χ4n) is 8.69. The Balaban J connectivity index is 0.00000196. The van der Waals surface area contributed by atoms with Crippen LogP contribution in [0, 0.1) is 0 Å². The number of carboxylic acids is 1. The first-order valence-corrected chi connectivity index (χ1v) is 26.8. The van der Waals surface area contributed by atoms with Gasteiger partial charge in [0, 0.05) is 65.0 Å². The molecule has 0 atom stereocenters. The van der Waals surface area contributed by atoms with Crippen LogP contribution in [0.15, 0.2) is 105 Å². The maximum atomic E-state index is 12.5. The molecule has 2 aliphatic heterocycles. The van der Waals surface area contributed by atoms with Crippen molar-refractivity contribution in [1.82, 2.24) is 0 Å². The Bertz CT molecular complexity index is 3350. The van der Waals surface area contributed by atoms with Gasteiger partial charge in [0.1, 0.15) is 11.4 Å². The average molecular weight is 1010 g/mol. The van der Waals surface area contributed by atoms with Gasteiger partial charge in [-0.25, -0.2) is 8.42 Å². The summed E-state index contributed by atoms with van der Waals surface area (Å²) in [6, 6.07) is 12.9. The van der Waals surface area contributed by atoms with E-state index in [0.29, 0.717) is 71.0 Å². The molecule has 0 fully saturated rings. The summed E-state index contributed by atoms with van der Waals surface area (Å²) in [6.07, 6.45) is 10.4. The number of hydrogen-bond donors (Lipinski definition) is 4. The molecule has 0 aliphatic carbocycles. The average Bonchev–Trinajstić information content (AvgIpc) is 3.53. The minimum atomic E-state index is -4.96. The van der Waals surface area contributed by atoms with Crippen LogP contribution in [0.5, 0.6) is 0 Å². The van der Waals surface area contributed by atoms with Gasteiger partial charge in [-0.2, -0.15) is 29.8 Å². The molecule has 66 heavy (non-hydrogen) atoms. The van der Waals surface area contributed by atoms with Gasteiger partial charge >= 0.3 is 16.6 Å². The summed E-state index contributed by atoms with van der Waals surface area (Å²) in [4.78, 5) is 11.3. The Morgan fingerprint density at radius 2 is 1.33 bits per heavy atom. The van der Waals surface area contributed by atoms with Crippen LogP contribution in [0.1, 0.15) is 70.9 Å². The summed E-state index contributed by atoms with van der Waals surface area (Å²) in [6.45, 7) is 8.06. The highest BCUT2D eigenvalue weighted by Gasteiger charge is 2.46. The van der Waals surface area contributed by atoms with Gasteiger partial charge in [-0.15, -0.1) is 12.6 Å². The molecular formula is C42H46N2O17S5. The highest BCUT2D eigenvalue weighted by molar-refractivity contribution is 7.87. The maximum absolute atomic E-state index is 12.5. The molecule has 0 unspecified atom stereocenters. The summed E-state index contributed by atoms with van der Waals surface area (Å²) in [5.41, 5.74) is 2.17. The number of aliphatic carboxylic acids is 1. The zero-order valence-corrected chi connectivity index (χ0v) is 39.9. The molecule has 4 N–H and O–H groups in total. The number of fused-ring (bicyclic) bond motifs is 6. The standard InChI is InChI=1S/C42H46N2O14S4.O3S/c1-41(2)36(44(22-11-23-59(47,48)49)33-19-16-27-15-17-28(60(50,51)52)24-31(27)39(33)41)12-7-5-8-13-37-42(3,4)40-32-25-29(61(53,54)55)26-35(62(56,57)58)30(32)18-20-34(40)43(37)21-10-6-9-14-38(45)46;1-4(2)3/h5,7-8,12-13,15-20,24-26H,6,9-11,14,21-23H2,1-4H3,(H4-,45,46,47,48,49,50,51,52,53,54,55,56,57,58);. The van der Waals surface area contributed by atoms with Crippen LogP contribution in [0.3, 0.4) is 0 Å². The fraction of sp³-hybridized carbons (Fsp3) is 0.333. The Hall–Kier alpha value is -5.18. The molecular weight excluding hydrogens is 965 g/mol. The van der Waals surface area contributed by atoms with E-state index in [2.05, 4.69) is 0 Å². The van der Waals surface area contributed by atoms with E-state index in [4.69, 9.17) is 17.7 Å². The van der Waals surface area contributed by atoms with Crippen molar-refractivity contribution in [2.45, 2.75) is 85.3 Å². The molecule has 356 valence electrons. The molecule has 0 saturated heterocycles. The minimum absolute atomic E-state index is 0.00233. The lowest BCUT2D eigenvalue weighted by Gasteiger charge is -2.27. The first kappa shape index (κ1) is 51.8. The van der Waals surface area contributed by atoms with Crippen LogP contribution in [0.4, 0.5) is 11.4 Å². The third-order valence-electron chi connectivity index (χ3n) is 11.4. The molecule has 0 radical (unpaired) electrons. The first-order chi connectivity index (χ1) is 30.4. The molecule has 6 rings (SSSR count). The second kappa shape index (κ2) is 19.2. The smallest absolute Gasteiger partial charge is 0.425 e. The second-order valence-electron chi connectivity index (χ2n) is 16.5. The molecule has 24 heteroatoms. The van der Waals surface area contributed by atoms with Crippen molar-refractivity contribution in [2.75, 3.05) is 23.7 Å². The van der Waals surface area contributed by atoms with E-state index < -0.39 is 83.4 Å². The van der Waals surface area contributed by atoms with Crippen molar-refractivity contribution in [1.29, 1.82) is 0 Å². The summed E-state index contributed by atoms with van der Waals surface area (Å²) < 4.78 is 166. The third-order valence-corrected chi connectivity index (χ3v) is 14.7. The molecule has 0 aromatic heterocycles. The minimum Gasteiger partial charge on any atom is -0.748 e. The van der Waals surface area contributed by atoms with Crippen LogP contribution in [-0.4, -0.2) is 105 Å². The maximum Gasteiger partial charge on any atom is 0.425 e. The predicted octanol–water partition coefficient (Wildman–Crippen LogP) is 5.48. The Morgan fingerprint density at radius 3 is 1.92 bits per heavy atom. The molecule has 0 bridgehead atoms. The summed E-state index contributed by atoms with van der Waals surface area (Å²) in [5.74, 6) is -1.53. The number of allylic oxidation sites excluding steroid dienone is 6. The number of anilines is 1. The van der Waals surface area contributed by atoms with Gasteiger partial charge in [0.05, 0.1) is 25.3 Å². The zero-order chi connectivity index (χ0) is 49.4. The quantitative estimate of drug-likeness (QED) is 0.0467. The molecule has 0 amide bonds. The number of carboxylic acid groups (broad SMARTS) is 1. The Morgan fingerprint density at radius 1 is 0.712 bits per heavy atom. The van der Waals surface area contributed by atoms with Crippen molar-refractivity contribution in [3.63, 3.8) is 0 Å². The first-order valence-electron chi connectivity index (χ1n) is 19.9. The molecule has 4 aromatic rings. The van der Waals surface area contributed by atoms with Crippen molar-refractivity contribution < 1.29 is 79.0 Å². The monoisotopic (exact) mass is 1010 g/mol. The molecule has 0 saturated carbocycles. The van der Waals surface area contributed by atoms with E-state index >= 15 is 0 Å². The number of hydrogen-bond acceptors (Lipinski definition) is 14. The van der Waals surface area contributed by atoms with E-state index in [9.17, 15) is 56.7 Å². The van der Waals surface area contributed by atoms with Crippen molar-refractivity contribution in [2.24, 2.45) is 0 Å². The van der Waals surface area contributed by atoms with Crippen LogP contribution in [0.2, 0.25) is 0 Å². The molecule has 2 heterocycles. The van der Waals surface area contributed by atoms with Gasteiger partial charge in [0.2, 0.25) is 5.69 Å². The predicted molar refractivity (Wildman–Crippen MR) is 242 cm³/mol. The van der Waals surface area contributed by atoms with Gasteiger partial charge in [0.25, 0.3) is 30.4 Å². The summed E-state index contributed by atoms with van der Waals surface area (Å²) >= 11 is 0. The van der Waals surface area contributed by atoms with Crippen LogP contribution >= 0.6 is 0 Å². The van der Waals surface area contributed by atoms with Gasteiger partial charge in [-0.1, -0.05) is 44.2 Å². The molecule has 0 spiro atoms. The Kier molecular flexibility index (Phi) is 15.1. The number of unbranched alkanes of at least 4 members (excludes halogenated alkanes) is 2. The van der Waals surface area contributed by atoms with Crippen molar-refractivity contribution >= 4 is 95.7 Å². The van der Waals surface area contributed by atoms with Gasteiger partial charge in [-0.3, -0.25) is 18.5 Å². The van der Waals surface area contributed by atoms with Crippen molar-refractivity contribution in [3.05, 3.63) is 102 Å². The van der Waals surface area contributed by atoms with Crippen LogP contribution in [-0.2, 0) is 66.7 Å². The summed E-state index contributed by atoms with van der Waals surface area (Å²) in [7, 11) is -22.1. The number of carbonyl (C=O) groups is 1. The summed E-state index contributed by atoms with van der Waals surface area (Å²) in [5, 5.41) is 10.6. The number of rotatable bonds is 16. The number of benzene rings is 4. The molecule has 19 nitrogen and oxygen atoms in total. The highest BCUT2D eigenvalue weighted by atomic mass is 32.2. The lowest BCUT2D eigenvalue weighted by molar-refractivity contribution is -0.438. The molecule has 4 aromatic carbocycles. The SMILES string of the molecule is CC1(C)C(=CC=CC=CC2=[N+](CCCCCC(=O)O)c3ccc4c(S(=O)(=O)O)cc(S(=O)(=O)O)cc4c3C2(C)C)N(CCCS(=O)(=O)[O-])c2ccc3ccc(S(=O)(=O)O)cc3c21.O=S(=O)=O. The van der Waals surface area contributed by atoms with Gasteiger partial charge in [0.15, 0.2) is 5.71 Å². The number of nitrogens with zero attached hydrogens (tertiary/aromatic N) is 2. The lowest BCUT2D eigenvalue weighted by Crippen LogP contribution is -2.28.